The van der Waals surface area contributed by atoms with Crippen LogP contribution in [0.4, 0.5) is 0 Å². The van der Waals surface area contributed by atoms with Crippen molar-refractivity contribution in [1.82, 2.24) is 4.90 Å². The van der Waals surface area contributed by atoms with Gasteiger partial charge in [0.25, 0.3) is 5.91 Å². The SMILES string of the molecule is CC(C)N1C(=O)c2ccccc2/C1=C(\C(=O)O)c1ccccc1. The molecule has 2 aromatic rings. The van der Waals surface area contributed by atoms with Gasteiger partial charge in [0.05, 0.1) is 11.3 Å². The smallest absolute Gasteiger partial charge is 0.338 e. The van der Waals surface area contributed by atoms with Crippen LogP contribution in [0.25, 0.3) is 11.3 Å². The molecule has 0 spiro atoms. The number of benzene rings is 2. The normalized spacial score (nSPS) is 15.8. The van der Waals surface area contributed by atoms with Crippen LogP contribution >= 0.6 is 0 Å². The summed E-state index contributed by atoms with van der Waals surface area (Å²) in [5.74, 6) is -1.19. The number of rotatable bonds is 3. The van der Waals surface area contributed by atoms with E-state index in [1.54, 1.807) is 47.4 Å². The summed E-state index contributed by atoms with van der Waals surface area (Å²) in [6.07, 6.45) is 0. The number of carbonyl (C=O) groups is 2. The molecular formula is C19H17NO3. The van der Waals surface area contributed by atoms with Crippen molar-refractivity contribution in [3.8, 4) is 0 Å². The third-order valence-electron chi connectivity index (χ3n) is 3.90. The Morgan fingerprint density at radius 2 is 1.52 bits per heavy atom. The number of hydrogen-bond acceptors (Lipinski definition) is 2. The van der Waals surface area contributed by atoms with E-state index in [0.717, 1.165) is 0 Å². The molecule has 4 heteroatoms. The van der Waals surface area contributed by atoms with Crippen LogP contribution in [-0.4, -0.2) is 27.9 Å². The van der Waals surface area contributed by atoms with Crippen molar-refractivity contribution in [2.45, 2.75) is 19.9 Å². The van der Waals surface area contributed by atoms with Crippen LogP contribution in [0.3, 0.4) is 0 Å². The number of aliphatic carboxylic acids is 1. The van der Waals surface area contributed by atoms with Gasteiger partial charge in [-0.3, -0.25) is 4.79 Å². The summed E-state index contributed by atoms with van der Waals surface area (Å²) >= 11 is 0. The second kappa shape index (κ2) is 5.72. The van der Waals surface area contributed by atoms with Crippen molar-refractivity contribution in [2.24, 2.45) is 0 Å². The van der Waals surface area contributed by atoms with Crippen LogP contribution in [0.2, 0.25) is 0 Å². The first kappa shape index (κ1) is 15.0. The first-order chi connectivity index (χ1) is 11.0. The van der Waals surface area contributed by atoms with E-state index in [4.69, 9.17) is 0 Å². The monoisotopic (exact) mass is 307 g/mol. The maximum Gasteiger partial charge on any atom is 0.338 e. The average Bonchev–Trinajstić information content (AvgIpc) is 2.82. The lowest BCUT2D eigenvalue weighted by molar-refractivity contribution is -0.130. The van der Waals surface area contributed by atoms with E-state index < -0.39 is 5.97 Å². The molecular weight excluding hydrogens is 290 g/mol. The zero-order chi connectivity index (χ0) is 16.6. The fourth-order valence-corrected chi connectivity index (χ4v) is 2.95. The van der Waals surface area contributed by atoms with Crippen molar-refractivity contribution < 1.29 is 14.7 Å². The van der Waals surface area contributed by atoms with E-state index >= 15 is 0 Å². The zero-order valence-corrected chi connectivity index (χ0v) is 13.0. The number of carbonyl (C=O) groups excluding carboxylic acids is 1. The molecule has 0 aromatic heterocycles. The van der Waals surface area contributed by atoms with Gasteiger partial charge in [-0.25, -0.2) is 4.79 Å². The molecule has 23 heavy (non-hydrogen) atoms. The van der Waals surface area contributed by atoms with Crippen molar-refractivity contribution in [3.63, 3.8) is 0 Å². The van der Waals surface area contributed by atoms with E-state index in [0.29, 0.717) is 22.4 Å². The molecule has 0 unspecified atom stereocenters. The summed E-state index contributed by atoms with van der Waals surface area (Å²) in [6.45, 7) is 3.77. The van der Waals surface area contributed by atoms with Gasteiger partial charge in [0.1, 0.15) is 0 Å². The van der Waals surface area contributed by atoms with E-state index in [9.17, 15) is 14.7 Å². The van der Waals surface area contributed by atoms with E-state index in [-0.39, 0.29) is 17.5 Å². The molecule has 1 heterocycles. The highest BCUT2D eigenvalue weighted by Gasteiger charge is 2.37. The number of carboxylic acids is 1. The molecule has 0 radical (unpaired) electrons. The molecule has 0 aliphatic carbocycles. The van der Waals surface area contributed by atoms with Crippen molar-refractivity contribution >= 4 is 23.1 Å². The number of nitrogens with zero attached hydrogens (tertiary/aromatic N) is 1. The van der Waals surface area contributed by atoms with E-state index in [1.165, 1.54) is 0 Å². The Morgan fingerprint density at radius 1 is 0.957 bits per heavy atom. The summed E-state index contributed by atoms with van der Waals surface area (Å²) in [7, 11) is 0. The average molecular weight is 307 g/mol. The molecule has 0 bridgehead atoms. The third kappa shape index (κ3) is 2.42. The van der Waals surface area contributed by atoms with Crippen LogP contribution in [0.5, 0.6) is 0 Å². The van der Waals surface area contributed by atoms with Gasteiger partial charge in [-0.2, -0.15) is 0 Å². The lowest BCUT2D eigenvalue weighted by Crippen LogP contribution is -2.31. The molecule has 0 saturated heterocycles. The minimum atomic E-state index is -1.04. The van der Waals surface area contributed by atoms with Gasteiger partial charge < -0.3 is 10.0 Å². The Hall–Kier alpha value is -2.88. The number of hydrogen-bond donors (Lipinski definition) is 1. The third-order valence-corrected chi connectivity index (χ3v) is 3.90. The lowest BCUT2D eigenvalue weighted by atomic mass is 9.98. The lowest BCUT2D eigenvalue weighted by Gasteiger charge is -2.24. The minimum Gasteiger partial charge on any atom is -0.478 e. The second-order valence-corrected chi connectivity index (χ2v) is 5.71. The molecule has 0 fully saturated rings. The van der Waals surface area contributed by atoms with Crippen molar-refractivity contribution in [1.29, 1.82) is 0 Å². The van der Waals surface area contributed by atoms with Gasteiger partial charge in [-0.05, 0) is 25.5 Å². The van der Waals surface area contributed by atoms with Gasteiger partial charge in [0.15, 0.2) is 0 Å². The molecule has 2 aromatic carbocycles. The van der Waals surface area contributed by atoms with Crippen LogP contribution < -0.4 is 0 Å². The van der Waals surface area contributed by atoms with Crippen LogP contribution in [0.1, 0.15) is 35.3 Å². The maximum absolute atomic E-state index is 12.7. The van der Waals surface area contributed by atoms with Gasteiger partial charge >= 0.3 is 5.97 Å². The predicted octanol–water partition coefficient (Wildman–Crippen LogP) is 3.50. The van der Waals surface area contributed by atoms with Crippen LogP contribution in [0.15, 0.2) is 54.6 Å². The summed E-state index contributed by atoms with van der Waals surface area (Å²) in [6, 6.07) is 15.9. The Bertz CT molecular complexity index is 806. The molecule has 0 atom stereocenters. The first-order valence-electron chi connectivity index (χ1n) is 7.48. The van der Waals surface area contributed by atoms with Gasteiger partial charge in [-0.15, -0.1) is 0 Å². The molecule has 1 aliphatic rings. The highest BCUT2D eigenvalue weighted by Crippen LogP contribution is 2.39. The molecule has 0 saturated carbocycles. The largest absolute Gasteiger partial charge is 0.478 e. The standard InChI is InChI=1S/C19H17NO3/c1-12(2)20-17(14-10-6-7-11-15(14)18(20)21)16(19(22)23)13-8-4-3-5-9-13/h3-12H,1-2H3,(H,22,23)/b17-16+. The van der Waals surface area contributed by atoms with Crippen molar-refractivity contribution in [3.05, 3.63) is 71.3 Å². The summed E-state index contributed by atoms with van der Waals surface area (Å²) in [4.78, 5) is 26.3. The van der Waals surface area contributed by atoms with Gasteiger partial charge in [0, 0.05) is 17.2 Å². The summed E-state index contributed by atoms with van der Waals surface area (Å²) < 4.78 is 0. The molecule has 4 nitrogen and oxygen atoms in total. The Morgan fingerprint density at radius 3 is 2.09 bits per heavy atom. The molecule has 1 aliphatic heterocycles. The molecule has 3 rings (SSSR count). The highest BCUT2D eigenvalue weighted by atomic mass is 16.4. The summed E-state index contributed by atoms with van der Waals surface area (Å²) in [5, 5.41) is 9.80. The highest BCUT2D eigenvalue weighted by molar-refractivity contribution is 6.28. The molecule has 1 N–H and O–H groups in total. The Balaban J connectivity index is 2.36. The number of amides is 1. The molecule has 116 valence electrons. The van der Waals surface area contributed by atoms with Gasteiger partial charge in [0.2, 0.25) is 0 Å². The van der Waals surface area contributed by atoms with E-state index in [2.05, 4.69) is 0 Å². The fourth-order valence-electron chi connectivity index (χ4n) is 2.95. The van der Waals surface area contributed by atoms with Gasteiger partial charge in [-0.1, -0.05) is 48.5 Å². The van der Waals surface area contributed by atoms with E-state index in [1.807, 2.05) is 26.0 Å². The maximum atomic E-state index is 12.7. The first-order valence-corrected chi connectivity index (χ1v) is 7.48. The minimum absolute atomic E-state index is 0.136. The Kier molecular flexibility index (Phi) is 3.74. The second-order valence-electron chi connectivity index (χ2n) is 5.71. The topological polar surface area (TPSA) is 57.6 Å². The van der Waals surface area contributed by atoms with Crippen LogP contribution in [-0.2, 0) is 4.79 Å². The number of fused-ring (bicyclic) bond motifs is 1. The molecule has 1 amide bonds. The number of carboxylic acid groups (broad SMARTS) is 1. The summed E-state index contributed by atoms with van der Waals surface area (Å²) in [5.41, 5.74) is 2.43. The predicted molar refractivity (Wildman–Crippen MR) is 88.6 cm³/mol. The van der Waals surface area contributed by atoms with Crippen LogP contribution in [0, 0.1) is 0 Å². The fraction of sp³-hybridized carbons (Fsp3) is 0.158. The quantitative estimate of drug-likeness (QED) is 0.883. The van der Waals surface area contributed by atoms with Crippen molar-refractivity contribution in [2.75, 3.05) is 0 Å². The Labute approximate surface area is 134 Å². The zero-order valence-electron chi connectivity index (χ0n) is 13.0.